The molecular weight excluding hydrogens is 212 g/mol. The van der Waals surface area contributed by atoms with E-state index in [1.165, 1.54) is 0 Å². The van der Waals surface area contributed by atoms with E-state index < -0.39 is 0 Å². The zero-order valence-corrected chi connectivity index (χ0v) is 9.22. The lowest BCUT2D eigenvalue weighted by atomic mass is 10.2. The van der Waals surface area contributed by atoms with Crippen LogP contribution in [0.15, 0.2) is 48.5 Å². The van der Waals surface area contributed by atoms with Crippen molar-refractivity contribution in [3.05, 3.63) is 54.1 Å². The van der Waals surface area contributed by atoms with E-state index in [9.17, 15) is 5.11 Å². The van der Waals surface area contributed by atoms with Gasteiger partial charge in [0.1, 0.15) is 5.82 Å². The van der Waals surface area contributed by atoms with Crippen molar-refractivity contribution in [3.63, 3.8) is 0 Å². The minimum Gasteiger partial charge on any atom is -0.392 e. The molecule has 2 aromatic carbocycles. The Labute approximate surface area is 98.8 Å². The Morgan fingerprint density at radius 1 is 1.00 bits per heavy atom. The topological polar surface area (TPSA) is 48.9 Å². The quantitative estimate of drug-likeness (QED) is 0.703. The van der Waals surface area contributed by atoms with Crippen molar-refractivity contribution in [2.45, 2.75) is 6.61 Å². The van der Waals surface area contributed by atoms with Gasteiger partial charge in [0.2, 0.25) is 0 Å². The summed E-state index contributed by atoms with van der Waals surface area (Å²) in [4.78, 5) is 7.80. The zero-order valence-electron chi connectivity index (χ0n) is 9.22. The first-order valence-electron chi connectivity index (χ1n) is 5.52. The van der Waals surface area contributed by atoms with Crippen molar-refractivity contribution in [2.24, 2.45) is 0 Å². The predicted molar refractivity (Wildman–Crippen MR) is 67.5 cm³/mol. The number of fused-ring (bicyclic) bond motifs is 1. The number of aliphatic hydroxyl groups excluding tert-OH is 1. The van der Waals surface area contributed by atoms with E-state index in [2.05, 4.69) is 9.97 Å². The van der Waals surface area contributed by atoms with Gasteiger partial charge in [0, 0.05) is 11.1 Å². The highest BCUT2D eigenvalue weighted by Gasteiger charge is 2.07. The third-order valence-electron chi connectivity index (χ3n) is 2.81. The number of aromatic amines is 1. The van der Waals surface area contributed by atoms with Crippen LogP contribution in [0.1, 0.15) is 5.56 Å². The fraction of sp³-hybridized carbons (Fsp3) is 0.0714. The molecule has 17 heavy (non-hydrogen) atoms. The lowest BCUT2D eigenvalue weighted by Crippen LogP contribution is -1.84. The molecule has 0 saturated heterocycles. The van der Waals surface area contributed by atoms with Crippen molar-refractivity contribution in [2.75, 3.05) is 0 Å². The van der Waals surface area contributed by atoms with Crippen LogP contribution in [0, 0.1) is 0 Å². The molecule has 2 N–H and O–H groups in total. The molecule has 1 aromatic heterocycles. The largest absolute Gasteiger partial charge is 0.392 e. The standard InChI is InChI=1S/C14H12N2O/c17-9-11-7-4-8-12-13(11)16-14(15-12)10-5-2-1-3-6-10/h1-8,17H,9H2,(H,15,16). The number of H-pyrrole nitrogens is 1. The van der Waals surface area contributed by atoms with Gasteiger partial charge in [-0.3, -0.25) is 0 Å². The average Bonchev–Trinajstić information content (AvgIpc) is 2.83. The van der Waals surface area contributed by atoms with E-state index in [1.807, 2.05) is 48.5 Å². The number of nitrogens with zero attached hydrogens (tertiary/aromatic N) is 1. The molecule has 3 nitrogen and oxygen atoms in total. The molecule has 1 heterocycles. The Kier molecular flexibility index (Phi) is 2.38. The first-order chi connectivity index (χ1) is 8.38. The molecule has 0 aliphatic heterocycles. The van der Waals surface area contributed by atoms with E-state index >= 15 is 0 Å². The second kappa shape index (κ2) is 4.03. The molecule has 3 rings (SSSR count). The first kappa shape index (κ1) is 10.1. The van der Waals surface area contributed by atoms with Gasteiger partial charge < -0.3 is 10.1 Å². The van der Waals surface area contributed by atoms with Crippen LogP contribution < -0.4 is 0 Å². The molecule has 0 spiro atoms. The normalized spacial score (nSPS) is 10.9. The molecule has 0 saturated carbocycles. The van der Waals surface area contributed by atoms with Crippen LogP contribution in [-0.4, -0.2) is 15.1 Å². The van der Waals surface area contributed by atoms with Gasteiger partial charge in [0.05, 0.1) is 17.6 Å². The minimum absolute atomic E-state index is 0.0103. The Bertz CT molecular complexity index is 644. The first-order valence-corrected chi connectivity index (χ1v) is 5.52. The highest BCUT2D eigenvalue weighted by Crippen LogP contribution is 2.22. The lowest BCUT2D eigenvalue weighted by Gasteiger charge is -1.95. The number of hydrogen-bond donors (Lipinski definition) is 2. The number of nitrogens with one attached hydrogen (secondary N) is 1. The van der Waals surface area contributed by atoms with Crippen molar-refractivity contribution in [3.8, 4) is 11.4 Å². The summed E-state index contributed by atoms with van der Waals surface area (Å²) in [6.07, 6.45) is 0. The molecule has 0 bridgehead atoms. The Morgan fingerprint density at radius 3 is 2.59 bits per heavy atom. The average molecular weight is 224 g/mol. The molecule has 0 fully saturated rings. The molecule has 0 unspecified atom stereocenters. The summed E-state index contributed by atoms with van der Waals surface area (Å²) in [6.45, 7) is 0.0103. The number of aromatic nitrogens is 2. The lowest BCUT2D eigenvalue weighted by molar-refractivity contribution is 0.283. The van der Waals surface area contributed by atoms with E-state index in [0.29, 0.717) is 0 Å². The van der Waals surface area contributed by atoms with Crippen LogP contribution in [0.3, 0.4) is 0 Å². The van der Waals surface area contributed by atoms with Crippen LogP contribution in [0.25, 0.3) is 22.4 Å². The monoisotopic (exact) mass is 224 g/mol. The molecule has 84 valence electrons. The van der Waals surface area contributed by atoms with Crippen LogP contribution in [0.2, 0.25) is 0 Å². The van der Waals surface area contributed by atoms with Crippen LogP contribution >= 0.6 is 0 Å². The van der Waals surface area contributed by atoms with Gasteiger partial charge in [-0.25, -0.2) is 4.98 Å². The zero-order chi connectivity index (χ0) is 11.7. The van der Waals surface area contributed by atoms with Gasteiger partial charge in [-0.2, -0.15) is 0 Å². The highest BCUT2D eigenvalue weighted by molar-refractivity contribution is 5.82. The number of benzene rings is 2. The maximum Gasteiger partial charge on any atom is 0.138 e. The summed E-state index contributed by atoms with van der Waals surface area (Å²) in [5.41, 5.74) is 3.69. The highest BCUT2D eigenvalue weighted by atomic mass is 16.3. The predicted octanol–water partition coefficient (Wildman–Crippen LogP) is 2.72. The SMILES string of the molecule is OCc1cccc2[nH]c(-c3ccccc3)nc12. The molecule has 0 radical (unpaired) electrons. The Balaban J connectivity index is 2.20. The van der Waals surface area contributed by atoms with Crippen LogP contribution in [-0.2, 0) is 6.61 Å². The number of imidazole rings is 1. The molecule has 3 heteroatoms. The summed E-state index contributed by atoms with van der Waals surface area (Å²) in [5.74, 6) is 0.835. The maximum absolute atomic E-state index is 9.26. The maximum atomic E-state index is 9.26. The van der Waals surface area contributed by atoms with Crippen molar-refractivity contribution >= 4 is 11.0 Å². The number of hydrogen-bond acceptors (Lipinski definition) is 2. The number of aliphatic hydroxyl groups is 1. The van der Waals surface area contributed by atoms with E-state index in [-0.39, 0.29) is 6.61 Å². The summed E-state index contributed by atoms with van der Waals surface area (Å²) in [5, 5.41) is 9.26. The second-order valence-electron chi connectivity index (χ2n) is 3.92. The van der Waals surface area contributed by atoms with Crippen LogP contribution in [0.4, 0.5) is 0 Å². The van der Waals surface area contributed by atoms with E-state index in [4.69, 9.17) is 0 Å². The third kappa shape index (κ3) is 1.70. The van der Waals surface area contributed by atoms with E-state index in [1.54, 1.807) is 0 Å². The third-order valence-corrected chi connectivity index (χ3v) is 2.81. The smallest absolute Gasteiger partial charge is 0.138 e. The summed E-state index contributed by atoms with van der Waals surface area (Å²) >= 11 is 0. The summed E-state index contributed by atoms with van der Waals surface area (Å²) < 4.78 is 0. The fourth-order valence-corrected chi connectivity index (χ4v) is 1.95. The van der Waals surface area contributed by atoms with Gasteiger partial charge in [0.15, 0.2) is 0 Å². The number of para-hydroxylation sites is 1. The summed E-state index contributed by atoms with van der Waals surface area (Å²) in [6, 6.07) is 15.7. The minimum atomic E-state index is 0.0103. The van der Waals surface area contributed by atoms with Crippen molar-refractivity contribution in [1.82, 2.24) is 9.97 Å². The number of rotatable bonds is 2. The molecule has 0 aliphatic carbocycles. The van der Waals surface area contributed by atoms with E-state index in [0.717, 1.165) is 28.0 Å². The Morgan fingerprint density at radius 2 is 1.82 bits per heavy atom. The second-order valence-corrected chi connectivity index (χ2v) is 3.92. The molecule has 0 aliphatic rings. The van der Waals surface area contributed by atoms with Gasteiger partial charge >= 0.3 is 0 Å². The van der Waals surface area contributed by atoms with Gasteiger partial charge in [-0.05, 0) is 6.07 Å². The molecule has 0 atom stereocenters. The van der Waals surface area contributed by atoms with Crippen molar-refractivity contribution in [1.29, 1.82) is 0 Å². The van der Waals surface area contributed by atoms with Gasteiger partial charge in [0.25, 0.3) is 0 Å². The molecular formula is C14H12N2O. The molecule has 3 aromatic rings. The van der Waals surface area contributed by atoms with Crippen molar-refractivity contribution < 1.29 is 5.11 Å². The molecule has 0 amide bonds. The fourth-order valence-electron chi connectivity index (χ4n) is 1.95. The van der Waals surface area contributed by atoms with Gasteiger partial charge in [-0.1, -0.05) is 42.5 Å². The Hall–Kier alpha value is -2.13. The summed E-state index contributed by atoms with van der Waals surface area (Å²) in [7, 11) is 0. The van der Waals surface area contributed by atoms with Gasteiger partial charge in [-0.15, -0.1) is 0 Å². The van der Waals surface area contributed by atoms with Crippen LogP contribution in [0.5, 0.6) is 0 Å².